The smallest absolute Gasteiger partial charge is 0.0405 e. The van der Waals surface area contributed by atoms with Crippen LogP contribution in [0.25, 0.3) is 0 Å². The zero-order valence-electron chi connectivity index (χ0n) is 8.76. The van der Waals surface area contributed by atoms with Gasteiger partial charge in [0, 0.05) is 19.3 Å². The summed E-state index contributed by atoms with van der Waals surface area (Å²) in [5.74, 6) is 0.588. The van der Waals surface area contributed by atoms with Gasteiger partial charge in [-0.15, -0.1) is 0 Å². The summed E-state index contributed by atoms with van der Waals surface area (Å²) in [5.41, 5.74) is 5.93. The van der Waals surface area contributed by atoms with Crippen molar-refractivity contribution < 1.29 is 0 Å². The van der Waals surface area contributed by atoms with Crippen molar-refractivity contribution in [1.29, 1.82) is 0 Å². The first-order chi connectivity index (χ1) is 5.57. The minimum atomic E-state index is 0.451. The van der Waals surface area contributed by atoms with Crippen LogP contribution in [0.3, 0.4) is 0 Å². The lowest BCUT2D eigenvalue weighted by molar-refractivity contribution is 0.189. The van der Waals surface area contributed by atoms with E-state index in [0.29, 0.717) is 12.0 Å². The SMILES string of the molecule is CNNN(/C=C/C(C)C)C(C)C. The summed E-state index contributed by atoms with van der Waals surface area (Å²) in [5, 5.41) is 2.03. The standard InChI is InChI=1S/C9H21N3/c1-8(2)6-7-12(9(3)4)11-10-5/h6-11H,1-5H3/b7-6+. The molecule has 0 fully saturated rings. The molecule has 0 unspecified atom stereocenters. The van der Waals surface area contributed by atoms with Crippen molar-refractivity contribution in [3.05, 3.63) is 12.3 Å². The van der Waals surface area contributed by atoms with E-state index in [0.717, 1.165) is 0 Å². The van der Waals surface area contributed by atoms with Gasteiger partial charge in [0.2, 0.25) is 0 Å². The molecular formula is C9H21N3. The fourth-order valence-corrected chi connectivity index (χ4v) is 0.732. The van der Waals surface area contributed by atoms with E-state index in [1.807, 2.05) is 12.1 Å². The van der Waals surface area contributed by atoms with Gasteiger partial charge in [-0.2, -0.15) is 5.53 Å². The van der Waals surface area contributed by atoms with Crippen molar-refractivity contribution in [3.63, 3.8) is 0 Å². The summed E-state index contributed by atoms with van der Waals surface area (Å²) < 4.78 is 0. The quantitative estimate of drug-likeness (QED) is 0.614. The van der Waals surface area contributed by atoms with E-state index in [9.17, 15) is 0 Å². The minimum absolute atomic E-state index is 0.451. The van der Waals surface area contributed by atoms with Crippen LogP contribution in [0.15, 0.2) is 12.3 Å². The normalized spacial score (nSPS) is 11.9. The van der Waals surface area contributed by atoms with E-state index < -0.39 is 0 Å². The van der Waals surface area contributed by atoms with Gasteiger partial charge < -0.3 is 5.01 Å². The summed E-state index contributed by atoms with van der Waals surface area (Å²) >= 11 is 0. The molecule has 0 saturated carbocycles. The molecule has 3 nitrogen and oxygen atoms in total. The predicted molar refractivity (Wildman–Crippen MR) is 53.1 cm³/mol. The summed E-state index contributed by atoms with van der Waals surface area (Å²) in [6, 6.07) is 0.451. The number of nitrogens with zero attached hydrogens (tertiary/aromatic N) is 1. The molecular weight excluding hydrogens is 150 g/mol. The Morgan fingerprint density at radius 2 is 1.75 bits per heavy atom. The summed E-state index contributed by atoms with van der Waals surface area (Å²) in [7, 11) is 1.86. The number of hydrogen-bond acceptors (Lipinski definition) is 3. The van der Waals surface area contributed by atoms with Crippen molar-refractivity contribution >= 4 is 0 Å². The van der Waals surface area contributed by atoms with Crippen molar-refractivity contribution in [2.45, 2.75) is 33.7 Å². The molecule has 3 heteroatoms. The molecule has 0 spiro atoms. The van der Waals surface area contributed by atoms with Crippen LogP contribution in [0.4, 0.5) is 0 Å². The van der Waals surface area contributed by atoms with Crippen LogP contribution in [0.1, 0.15) is 27.7 Å². The molecule has 0 rings (SSSR count). The molecule has 0 aromatic heterocycles. The Bertz CT molecular complexity index is 130. The van der Waals surface area contributed by atoms with Crippen LogP contribution in [-0.2, 0) is 0 Å². The molecule has 0 aliphatic rings. The van der Waals surface area contributed by atoms with Gasteiger partial charge in [0.25, 0.3) is 0 Å². The highest BCUT2D eigenvalue weighted by atomic mass is 15.7. The predicted octanol–water partition coefficient (Wildman–Crippen LogP) is 1.51. The van der Waals surface area contributed by atoms with E-state index in [2.05, 4.69) is 50.9 Å². The number of hydrazine groups is 2. The second kappa shape index (κ2) is 6.03. The number of hydrogen-bond donors (Lipinski definition) is 2. The third-order valence-electron chi connectivity index (χ3n) is 1.43. The third-order valence-corrected chi connectivity index (χ3v) is 1.43. The molecule has 0 saturated heterocycles. The summed E-state index contributed by atoms with van der Waals surface area (Å²) in [4.78, 5) is 0. The van der Waals surface area contributed by atoms with Crippen molar-refractivity contribution in [2.75, 3.05) is 7.05 Å². The average Bonchev–Trinajstić information content (AvgIpc) is 1.96. The van der Waals surface area contributed by atoms with E-state index in [1.165, 1.54) is 0 Å². The molecule has 0 heterocycles. The summed E-state index contributed by atoms with van der Waals surface area (Å²) in [6.07, 6.45) is 4.22. The van der Waals surface area contributed by atoms with Crippen LogP contribution in [0, 0.1) is 5.92 Å². The molecule has 12 heavy (non-hydrogen) atoms. The molecule has 72 valence electrons. The molecule has 0 radical (unpaired) electrons. The van der Waals surface area contributed by atoms with Crippen LogP contribution < -0.4 is 11.0 Å². The van der Waals surface area contributed by atoms with Crippen molar-refractivity contribution in [1.82, 2.24) is 16.0 Å². The van der Waals surface area contributed by atoms with Crippen LogP contribution in [0.5, 0.6) is 0 Å². The maximum Gasteiger partial charge on any atom is 0.0405 e. The Labute approximate surface area is 75.8 Å². The Balaban J connectivity index is 3.94. The van der Waals surface area contributed by atoms with E-state index >= 15 is 0 Å². The zero-order chi connectivity index (χ0) is 9.56. The number of rotatable bonds is 5. The van der Waals surface area contributed by atoms with Gasteiger partial charge in [-0.05, 0) is 19.8 Å². The van der Waals surface area contributed by atoms with Crippen LogP contribution in [0.2, 0.25) is 0 Å². The first kappa shape index (κ1) is 11.5. The Morgan fingerprint density at radius 3 is 2.08 bits per heavy atom. The first-order valence-electron chi connectivity index (χ1n) is 4.47. The monoisotopic (exact) mass is 171 g/mol. The average molecular weight is 171 g/mol. The highest BCUT2D eigenvalue weighted by molar-refractivity contribution is 4.84. The van der Waals surface area contributed by atoms with Gasteiger partial charge in [-0.1, -0.05) is 19.9 Å². The fourth-order valence-electron chi connectivity index (χ4n) is 0.732. The van der Waals surface area contributed by atoms with Crippen molar-refractivity contribution in [3.8, 4) is 0 Å². The second-order valence-electron chi connectivity index (χ2n) is 3.45. The minimum Gasteiger partial charge on any atom is -0.300 e. The van der Waals surface area contributed by atoms with Gasteiger partial charge in [0.15, 0.2) is 0 Å². The molecule has 2 N–H and O–H groups in total. The van der Waals surface area contributed by atoms with Gasteiger partial charge in [0.05, 0.1) is 0 Å². The molecule has 0 bridgehead atoms. The van der Waals surface area contributed by atoms with E-state index in [1.54, 1.807) is 0 Å². The third kappa shape index (κ3) is 5.16. The van der Waals surface area contributed by atoms with Crippen LogP contribution in [-0.4, -0.2) is 18.1 Å². The van der Waals surface area contributed by atoms with Crippen LogP contribution >= 0.6 is 0 Å². The molecule has 0 aliphatic heterocycles. The van der Waals surface area contributed by atoms with E-state index in [4.69, 9.17) is 0 Å². The Hall–Kier alpha value is -0.540. The summed E-state index contributed by atoms with van der Waals surface area (Å²) in [6.45, 7) is 8.59. The fraction of sp³-hybridized carbons (Fsp3) is 0.778. The molecule has 0 atom stereocenters. The topological polar surface area (TPSA) is 27.3 Å². The number of allylic oxidation sites excluding steroid dienone is 1. The maximum atomic E-state index is 3.03. The zero-order valence-corrected chi connectivity index (χ0v) is 8.76. The second-order valence-corrected chi connectivity index (χ2v) is 3.45. The van der Waals surface area contributed by atoms with Crippen molar-refractivity contribution in [2.24, 2.45) is 5.92 Å². The number of nitrogens with one attached hydrogen (secondary N) is 2. The lowest BCUT2D eigenvalue weighted by Gasteiger charge is -2.25. The van der Waals surface area contributed by atoms with E-state index in [-0.39, 0.29) is 0 Å². The maximum absolute atomic E-state index is 3.03. The van der Waals surface area contributed by atoms with Gasteiger partial charge in [-0.3, -0.25) is 0 Å². The molecule has 0 aliphatic carbocycles. The van der Waals surface area contributed by atoms with Gasteiger partial charge in [-0.25, -0.2) is 5.43 Å². The largest absolute Gasteiger partial charge is 0.300 e. The Kier molecular flexibility index (Phi) is 5.76. The lowest BCUT2D eigenvalue weighted by atomic mass is 10.2. The van der Waals surface area contributed by atoms with Gasteiger partial charge >= 0.3 is 0 Å². The molecule has 0 amide bonds. The highest BCUT2D eigenvalue weighted by Crippen LogP contribution is 1.98. The lowest BCUT2D eigenvalue weighted by Crippen LogP contribution is -2.45. The Morgan fingerprint density at radius 1 is 1.17 bits per heavy atom. The highest BCUT2D eigenvalue weighted by Gasteiger charge is 2.01. The molecule has 0 aromatic rings. The molecule has 0 aromatic carbocycles. The van der Waals surface area contributed by atoms with Gasteiger partial charge in [0.1, 0.15) is 0 Å². The first-order valence-corrected chi connectivity index (χ1v) is 4.47.